The van der Waals surface area contributed by atoms with Crippen LogP contribution in [-0.4, -0.2) is 71.5 Å². The first-order valence-corrected chi connectivity index (χ1v) is 8.93. The number of halogens is 1. The van der Waals surface area contributed by atoms with Gasteiger partial charge in [-0.15, -0.1) is 0 Å². The number of allylic oxidation sites excluding steroid dienone is 1. The standard InChI is InChI=1S/C17H28ClN5O3/c1-5-20-14(11-13(18)19)21-15(24)12-22-7-6-8-23(10-9-22)16(25)26-17(2,3)4/h5,11,19H,6-10,12H2,1-4H3,(H,21,24)/b14-11+,19-13?,20-5-. The van der Waals surface area contributed by atoms with Gasteiger partial charge in [0.25, 0.3) is 0 Å². The molecule has 0 atom stereocenters. The first-order chi connectivity index (χ1) is 12.1. The van der Waals surface area contributed by atoms with Gasteiger partial charge in [-0.3, -0.25) is 15.1 Å². The number of nitrogens with zero attached hydrogens (tertiary/aromatic N) is 3. The van der Waals surface area contributed by atoms with Gasteiger partial charge >= 0.3 is 6.09 Å². The summed E-state index contributed by atoms with van der Waals surface area (Å²) in [6, 6.07) is 0. The summed E-state index contributed by atoms with van der Waals surface area (Å²) in [4.78, 5) is 32.0. The minimum absolute atomic E-state index is 0.175. The van der Waals surface area contributed by atoms with Gasteiger partial charge in [-0.05, 0) is 34.1 Å². The molecule has 1 rings (SSSR count). The topological polar surface area (TPSA) is 98.1 Å². The molecule has 0 aromatic carbocycles. The van der Waals surface area contributed by atoms with Gasteiger partial charge in [0.15, 0.2) is 0 Å². The van der Waals surface area contributed by atoms with E-state index in [1.54, 1.807) is 11.8 Å². The molecule has 2 N–H and O–H groups in total. The van der Waals surface area contributed by atoms with Crippen molar-refractivity contribution in [1.82, 2.24) is 15.1 Å². The monoisotopic (exact) mass is 385 g/mol. The van der Waals surface area contributed by atoms with Crippen molar-refractivity contribution < 1.29 is 14.3 Å². The van der Waals surface area contributed by atoms with E-state index < -0.39 is 5.60 Å². The summed E-state index contributed by atoms with van der Waals surface area (Å²) >= 11 is 5.52. The predicted molar refractivity (Wildman–Crippen MR) is 103 cm³/mol. The molecule has 1 saturated heterocycles. The van der Waals surface area contributed by atoms with Crippen molar-refractivity contribution in [3.63, 3.8) is 0 Å². The van der Waals surface area contributed by atoms with Crippen LogP contribution in [0.15, 0.2) is 16.9 Å². The van der Waals surface area contributed by atoms with E-state index in [4.69, 9.17) is 21.7 Å². The quantitative estimate of drug-likeness (QED) is 0.708. The fourth-order valence-electron chi connectivity index (χ4n) is 2.39. The molecule has 0 aromatic heterocycles. The van der Waals surface area contributed by atoms with Crippen LogP contribution in [0, 0.1) is 5.41 Å². The lowest BCUT2D eigenvalue weighted by Gasteiger charge is -2.26. The molecule has 8 nitrogen and oxygen atoms in total. The van der Waals surface area contributed by atoms with Crippen molar-refractivity contribution in [2.45, 2.75) is 39.7 Å². The number of carbonyl (C=O) groups excluding carboxylic acids is 2. The number of rotatable bonds is 5. The van der Waals surface area contributed by atoms with Crippen LogP contribution in [0.4, 0.5) is 4.79 Å². The molecule has 1 heterocycles. The zero-order chi connectivity index (χ0) is 19.7. The number of ether oxygens (including phenoxy) is 1. The molecule has 0 radical (unpaired) electrons. The Hall–Kier alpha value is -1.93. The first-order valence-electron chi connectivity index (χ1n) is 8.55. The maximum Gasteiger partial charge on any atom is 0.410 e. The van der Waals surface area contributed by atoms with Crippen molar-refractivity contribution in [3.8, 4) is 0 Å². The van der Waals surface area contributed by atoms with Crippen molar-refractivity contribution in [2.75, 3.05) is 32.7 Å². The van der Waals surface area contributed by atoms with Crippen LogP contribution >= 0.6 is 11.6 Å². The second kappa shape index (κ2) is 10.3. The van der Waals surface area contributed by atoms with Gasteiger partial charge in [0.2, 0.25) is 5.91 Å². The molecular formula is C17H28ClN5O3. The van der Waals surface area contributed by atoms with Gasteiger partial charge in [0, 0.05) is 38.5 Å². The van der Waals surface area contributed by atoms with E-state index in [0.717, 1.165) is 6.42 Å². The number of carbonyl (C=O) groups is 2. The van der Waals surface area contributed by atoms with E-state index in [1.165, 1.54) is 12.3 Å². The van der Waals surface area contributed by atoms with Crippen LogP contribution < -0.4 is 5.32 Å². The summed E-state index contributed by atoms with van der Waals surface area (Å²) in [6.07, 6.45) is 3.21. The Morgan fingerprint density at radius 3 is 2.54 bits per heavy atom. The SMILES string of the molecule is C/C=N\C(=C/C(=N)Cl)NC(=O)CN1CCCN(C(=O)OC(C)(C)C)CC1. The summed E-state index contributed by atoms with van der Waals surface area (Å²) in [5.74, 6) is -0.0202. The lowest BCUT2D eigenvalue weighted by molar-refractivity contribution is -0.121. The molecule has 1 fully saturated rings. The lowest BCUT2D eigenvalue weighted by Crippen LogP contribution is -2.41. The van der Waals surface area contributed by atoms with Crippen LogP contribution in [0.2, 0.25) is 0 Å². The number of aliphatic imine (C=N–C) groups is 1. The third kappa shape index (κ3) is 8.96. The Labute approximate surface area is 159 Å². The summed E-state index contributed by atoms with van der Waals surface area (Å²) in [5.41, 5.74) is -0.526. The fraction of sp³-hybridized carbons (Fsp3) is 0.647. The number of hydrogen-bond acceptors (Lipinski definition) is 6. The largest absolute Gasteiger partial charge is 0.444 e. The smallest absolute Gasteiger partial charge is 0.410 e. The van der Waals surface area contributed by atoms with E-state index in [9.17, 15) is 9.59 Å². The molecule has 1 aliphatic rings. The molecule has 146 valence electrons. The normalized spacial score (nSPS) is 17.1. The third-order valence-electron chi connectivity index (χ3n) is 3.41. The molecule has 0 saturated carbocycles. The van der Waals surface area contributed by atoms with Crippen LogP contribution in [0.25, 0.3) is 0 Å². The summed E-state index contributed by atoms with van der Waals surface area (Å²) in [7, 11) is 0. The number of hydrogen-bond donors (Lipinski definition) is 2. The van der Waals surface area contributed by atoms with Gasteiger partial charge in [-0.1, -0.05) is 11.6 Å². The molecule has 0 bridgehead atoms. The highest BCUT2D eigenvalue weighted by Gasteiger charge is 2.25. The Bertz CT molecular complexity index is 583. The van der Waals surface area contributed by atoms with Gasteiger partial charge < -0.3 is 15.0 Å². The van der Waals surface area contributed by atoms with Crippen molar-refractivity contribution in [1.29, 1.82) is 5.41 Å². The highest BCUT2D eigenvalue weighted by atomic mass is 35.5. The van der Waals surface area contributed by atoms with Crippen LogP contribution in [0.3, 0.4) is 0 Å². The second-order valence-electron chi connectivity index (χ2n) is 6.91. The minimum atomic E-state index is -0.526. The minimum Gasteiger partial charge on any atom is -0.444 e. The van der Waals surface area contributed by atoms with E-state index >= 15 is 0 Å². The van der Waals surface area contributed by atoms with Gasteiger partial charge in [0.05, 0.1) is 6.54 Å². The molecule has 0 aliphatic carbocycles. The van der Waals surface area contributed by atoms with Crippen molar-refractivity contribution >= 4 is 35.0 Å². The molecule has 0 spiro atoms. The second-order valence-corrected chi connectivity index (χ2v) is 7.32. The van der Waals surface area contributed by atoms with Crippen molar-refractivity contribution in [2.24, 2.45) is 4.99 Å². The van der Waals surface area contributed by atoms with Crippen molar-refractivity contribution in [3.05, 3.63) is 11.9 Å². The first kappa shape index (κ1) is 22.1. The maximum absolute atomic E-state index is 12.2. The molecule has 9 heteroatoms. The predicted octanol–water partition coefficient (Wildman–Crippen LogP) is 2.19. The van der Waals surface area contributed by atoms with E-state index in [1.807, 2.05) is 25.7 Å². The van der Waals surface area contributed by atoms with Crippen LogP contribution in [0.5, 0.6) is 0 Å². The summed E-state index contributed by atoms with van der Waals surface area (Å²) < 4.78 is 5.40. The Kier molecular flexibility index (Phi) is 8.74. The van der Waals surface area contributed by atoms with Crippen LogP contribution in [0.1, 0.15) is 34.1 Å². The van der Waals surface area contributed by atoms with E-state index in [0.29, 0.717) is 26.2 Å². The Morgan fingerprint density at radius 2 is 1.96 bits per heavy atom. The lowest BCUT2D eigenvalue weighted by atomic mass is 10.2. The third-order valence-corrected chi connectivity index (χ3v) is 3.52. The van der Waals surface area contributed by atoms with Gasteiger partial charge in [-0.25, -0.2) is 9.79 Å². The average molecular weight is 386 g/mol. The summed E-state index contributed by atoms with van der Waals surface area (Å²) in [5, 5.41) is 9.68. The molecule has 26 heavy (non-hydrogen) atoms. The zero-order valence-corrected chi connectivity index (χ0v) is 16.6. The van der Waals surface area contributed by atoms with Gasteiger partial charge in [-0.2, -0.15) is 0 Å². The molecule has 2 amide bonds. The van der Waals surface area contributed by atoms with Crippen LogP contribution in [-0.2, 0) is 9.53 Å². The van der Waals surface area contributed by atoms with E-state index in [2.05, 4.69) is 10.3 Å². The average Bonchev–Trinajstić information content (AvgIpc) is 2.70. The molecular weight excluding hydrogens is 358 g/mol. The summed E-state index contributed by atoms with van der Waals surface area (Å²) in [6.45, 7) is 9.78. The molecule has 1 aliphatic heterocycles. The fourth-order valence-corrected chi connectivity index (χ4v) is 2.49. The Balaban J connectivity index is 2.55. The highest BCUT2D eigenvalue weighted by molar-refractivity contribution is 6.67. The highest BCUT2D eigenvalue weighted by Crippen LogP contribution is 2.12. The Morgan fingerprint density at radius 1 is 1.27 bits per heavy atom. The molecule has 0 aromatic rings. The zero-order valence-electron chi connectivity index (χ0n) is 15.8. The number of amides is 2. The van der Waals surface area contributed by atoms with Gasteiger partial charge in [0.1, 0.15) is 16.6 Å². The maximum atomic E-state index is 12.2. The number of nitrogens with one attached hydrogen (secondary N) is 2. The van der Waals surface area contributed by atoms with E-state index in [-0.39, 0.29) is 29.5 Å². The molecule has 0 unspecified atom stereocenters.